The average Bonchev–Trinajstić information content (AvgIpc) is 3.23. The minimum atomic E-state index is -0.511. The molecule has 0 radical (unpaired) electrons. The number of rotatable bonds is 4. The van der Waals surface area contributed by atoms with Crippen LogP contribution in [0.2, 0.25) is 0 Å². The predicted octanol–water partition coefficient (Wildman–Crippen LogP) is 3.57. The quantitative estimate of drug-likeness (QED) is 0.808. The van der Waals surface area contributed by atoms with Crippen LogP contribution >= 0.6 is 0 Å². The van der Waals surface area contributed by atoms with E-state index in [0.717, 1.165) is 55.0 Å². The lowest BCUT2D eigenvalue weighted by molar-refractivity contribution is -0.0588. The van der Waals surface area contributed by atoms with E-state index in [1.54, 1.807) is 7.11 Å². The third-order valence-electron chi connectivity index (χ3n) is 7.18. The molecule has 0 amide bonds. The number of piperidine rings is 1. The lowest BCUT2D eigenvalue weighted by Crippen LogP contribution is -2.51. The van der Waals surface area contributed by atoms with E-state index in [4.69, 9.17) is 9.47 Å². The first-order valence-corrected chi connectivity index (χ1v) is 11.1. The first-order chi connectivity index (χ1) is 14.5. The normalized spacial score (nSPS) is 23.5. The predicted molar refractivity (Wildman–Crippen MR) is 115 cm³/mol. The first-order valence-electron chi connectivity index (χ1n) is 11.1. The van der Waals surface area contributed by atoms with Gasteiger partial charge in [-0.05, 0) is 60.9 Å². The van der Waals surface area contributed by atoms with Gasteiger partial charge in [0.2, 0.25) is 0 Å². The molecular weight excluding hydrogens is 378 g/mol. The number of nitrogens with zero attached hydrogens (tertiary/aromatic N) is 1. The summed E-state index contributed by atoms with van der Waals surface area (Å²) >= 11 is 0. The van der Waals surface area contributed by atoms with Gasteiger partial charge in [-0.2, -0.15) is 0 Å². The SMILES string of the molecule is COc1ccc2c(c1)OC1(CCN(CC(O)c3ccc4c(c3)CCC4)CC1)CC2O. The summed E-state index contributed by atoms with van der Waals surface area (Å²) in [6, 6.07) is 12.1. The first kappa shape index (κ1) is 19.9. The number of β-amino-alcohol motifs (C(OH)–C–C–N with tert-alkyl or cyclic N) is 1. The fraction of sp³-hybridized carbons (Fsp3) is 0.520. The Hall–Kier alpha value is -2.08. The summed E-state index contributed by atoms with van der Waals surface area (Å²) in [7, 11) is 1.64. The zero-order valence-corrected chi connectivity index (χ0v) is 17.6. The highest BCUT2D eigenvalue weighted by atomic mass is 16.5. The maximum absolute atomic E-state index is 10.8. The number of hydrogen-bond donors (Lipinski definition) is 2. The third kappa shape index (κ3) is 3.70. The highest BCUT2D eigenvalue weighted by Gasteiger charge is 2.43. The number of likely N-dealkylation sites (tertiary alicyclic amines) is 1. The van der Waals surface area contributed by atoms with E-state index < -0.39 is 12.2 Å². The van der Waals surface area contributed by atoms with E-state index in [1.165, 1.54) is 24.0 Å². The summed E-state index contributed by atoms with van der Waals surface area (Å²) in [5.74, 6) is 1.48. The van der Waals surface area contributed by atoms with E-state index >= 15 is 0 Å². The van der Waals surface area contributed by atoms with Crippen molar-refractivity contribution in [1.29, 1.82) is 0 Å². The molecule has 2 unspecified atom stereocenters. The van der Waals surface area contributed by atoms with Gasteiger partial charge in [0.1, 0.15) is 17.1 Å². The largest absolute Gasteiger partial charge is 0.497 e. The fourth-order valence-corrected chi connectivity index (χ4v) is 5.34. The molecule has 1 spiro atoms. The van der Waals surface area contributed by atoms with Gasteiger partial charge in [0, 0.05) is 37.7 Å². The van der Waals surface area contributed by atoms with Crippen molar-refractivity contribution in [3.63, 3.8) is 0 Å². The molecule has 0 aromatic heterocycles. The number of ether oxygens (including phenoxy) is 2. The van der Waals surface area contributed by atoms with Crippen LogP contribution in [-0.2, 0) is 12.8 Å². The maximum Gasteiger partial charge on any atom is 0.129 e. The molecule has 30 heavy (non-hydrogen) atoms. The van der Waals surface area contributed by atoms with Crippen LogP contribution in [0.4, 0.5) is 0 Å². The second kappa shape index (κ2) is 7.88. The third-order valence-corrected chi connectivity index (χ3v) is 7.18. The molecular formula is C25H31NO4. The number of aliphatic hydroxyl groups excluding tert-OH is 2. The van der Waals surface area contributed by atoms with Crippen LogP contribution in [0.1, 0.15) is 60.1 Å². The highest BCUT2D eigenvalue weighted by molar-refractivity contribution is 5.44. The molecule has 2 aromatic rings. The van der Waals surface area contributed by atoms with Crippen LogP contribution in [0.5, 0.6) is 11.5 Å². The lowest BCUT2D eigenvalue weighted by atomic mass is 9.81. The zero-order chi connectivity index (χ0) is 20.7. The Morgan fingerprint density at radius 2 is 1.93 bits per heavy atom. The monoisotopic (exact) mass is 409 g/mol. The fourth-order valence-electron chi connectivity index (χ4n) is 5.34. The van der Waals surface area contributed by atoms with Gasteiger partial charge in [-0.3, -0.25) is 0 Å². The molecule has 2 aromatic carbocycles. The molecule has 1 fully saturated rings. The number of hydrogen-bond acceptors (Lipinski definition) is 5. The van der Waals surface area contributed by atoms with Crippen LogP contribution in [0.3, 0.4) is 0 Å². The molecule has 5 heteroatoms. The number of benzene rings is 2. The zero-order valence-electron chi connectivity index (χ0n) is 17.6. The summed E-state index contributed by atoms with van der Waals surface area (Å²) in [4.78, 5) is 2.32. The molecule has 2 aliphatic heterocycles. The number of aliphatic hydroxyl groups is 2. The van der Waals surface area contributed by atoms with Gasteiger partial charge >= 0.3 is 0 Å². The van der Waals surface area contributed by atoms with Crippen LogP contribution in [-0.4, -0.2) is 47.5 Å². The Labute approximate surface area is 178 Å². The van der Waals surface area contributed by atoms with Crippen molar-refractivity contribution in [2.45, 2.75) is 56.3 Å². The topological polar surface area (TPSA) is 62.2 Å². The molecule has 160 valence electrons. The van der Waals surface area contributed by atoms with Gasteiger partial charge in [-0.15, -0.1) is 0 Å². The summed E-state index contributed by atoms with van der Waals surface area (Å²) in [5.41, 5.74) is 4.38. The molecule has 3 aliphatic rings. The van der Waals surface area contributed by atoms with E-state index in [2.05, 4.69) is 23.1 Å². The van der Waals surface area contributed by atoms with Gasteiger partial charge in [0.25, 0.3) is 0 Å². The van der Waals surface area contributed by atoms with Crippen LogP contribution < -0.4 is 9.47 Å². The van der Waals surface area contributed by atoms with Gasteiger partial charge in [-0.25, -0.2) is 0 Å². The summed E-state index contributed by atoms with van der Waals surface area (Å²) < 4.78 is 11.8. The number of fused-ring (bicyclic) bond motifs is 2. The lowest BCUT2D eigenvalue weighted by Gasteiger charge is -2.46. The average molecular weight is 410 g/mol. The molecule has 5 rings (SSSR count). The van der Waals surface area contributed by atoms with Gasteiger partial charge < -0.3 is 24.6 Å². The van der Waals surface area contributed by atoms with Gasteiger partial charge in [0.05, 0.1) is 19.3 Å². The summed E-state index contributed by atoms with van der Waals surface area (Å²) in [5, 5.41) is 21.5. The maximum atomic E-state index is 10.8. The molecule has 1 aliphatic carbocycles. The number of aryl methyl sites for hydroxylation is 2. The molecule has 0 bridgehead atoms. The minimum Gasteiger partial charge on any atom is -0.497 e. The van der Waals surface area contributed by atoms with E-state index in [-0.39, 0.29) is 5.60 Å². The minimum absolute atomic E-state index is 0.339. The molecule has 1 saturated heterocycles. The van der Waals surface area contributed by atoms with Crippen molar-refractivity contribution in [3.05, 3.63) is 58.7 Å². The Bertz CT molecular complexity index is 919. The van der Waals surface area contributed by atoms with Crippen molar-refractivity contribution in [3.8, 4) is 11.5 Å². The van der Waals surface area contributed by atoms with E-state index in [0.29, 0.717) is 13.0 Å². The summed E-state index contributed by atoms with van der Waals surface area (Å²) in [6.07, 6.45) is 4.86. The number of methoxy groups -OCH3 is 1. The molecule has 2 N–H and O–H groups in total. The second-order valence-electron chi connectivity index (χ2n) is 9.11. The molecule has 0 saturated carbocycles. The summed E-state index contributed by atoms with van der Waals surface area (Å²) in [6.45, 7) is 2.35. The van der Waals surface area contributed by atoms with Crippen molar-refractivity contribution in [1.82, 2.24) is 4.90 Å². The van der Waals surface area contributed by atoms with E-state index in [9.17, 15) is 10.2 Å². The Morgan fingerprint density at radius 3 is 2.73 bits per heavy atom. The molecule has 5 nitrogen and oxygen atoms in total. The van der Waals surface area contributed by atoms with Gasteiger partial charge in [-0.1, -0.05) is 18.2 Å². The van der Waals surface area contributed by atoms with Crippen molar-refractivity contribution >= 4 is 0 Å². The highest BCUT2D eigenvalue weighted by Crippen LogP contribution is 2.45. The Balaban J connectivity index is 1.23. The Kier molecular flexibility index (Phi) is 5.21. The van der Waals surface area contributed by atoms with Crippen LogP contribution in [0.15, 0.2) is 36.4 Å². The van der Waals surface area contributed by atoms with Crippen LogP contribution in [0, 0.1) is 0 Å². The van der Waals surface area contributed by atoms with Crippen molar-refractivity contribution in [2.24, 2.45) is 0 Å². The van der Waals surface area contributed by atoms with Gasteiger partial charge in [0.15, 0.2) is 0 Å². The van der Waals surface area contributed by atoms with E-state index in [1.807, 2.05) is 18.2 Å². The standard InChI is InChI=1S/C25H31NO4/c1-29-20-7-8-21-22(27)15-25(30-24(21)14-20)9-11-26(12-10-25)16-23(28)19-6-5-17-3-2-4-18(17)13-19/h5-8,13-14,22-23,27-28H,2-4,9-12,15-16H2,1H3. The molecule has 2 atom stereocenters. The van der Waals surface area contributed by atoms with Crippen molar-refractivity contribution in [2.75, 3.05) is 26.7 Å². The van der Waals surface area contributed by atoms with Crippen molar-refractivity contribution < 1.29 is 19.7 Å². The Morgan fingerprint density at radius 1 is 1.13 bits per heavy atom. The second-order valence-corrected chi connectivity index (χ2v) is 9.11. The molecule has 2 heterocycles. The smallest absolute Gasteiger partial charge is 0.129 e. The van der Waals surface area contributed by atoms with Crippen LogP contribution in [0.25, 0.3) is 0 Å².